The highest BCUT2D eigenvalue weighted by molar-refractivity contribution is 8.13. The predicted molar refractivity (Wildman–Crippen MR) is 54.2 cm³/mol. The zero-order valence-electron chi connectivity index (χ0n) is 5.97. The van der Waals surface area contributed by atoms with Crippen LogP contribution in [0.3, 0.4) is 0 Å². The molecule has 0 atom stereocenters. The lowest BCUT2D eigenvalue weighted by Crippen LogP contribution is -2.03. The first-order valence-electron chi connectivity index (χ1n) is 3.07. The van der Waals surface area contributed by atoms with E-state index in [1.54, 1.807) is 18.2 Å². The number of hydrogen-bond acceptors (Lipinski definition) is 2. The molecule has 0 saturated heterocycles. The normalized spacial score (nSPS) is 9.83. The number of benzene rings is 1. The second kappa shape index (κ2) is 4.03. The molecule has 0 heterocycles. The number of halogens is 2. The molecule has 0 spiro atoms. The van der Waals surface area contributed by atoms with Gasteiger partial charge in [0.2, 0.25) is 0 Å². The zero-order valence-corrected chi connectivity index (χ0v) is 8.30. The number of nitrogens with two attached hydrogens (primary N) is 1. The molecule has 1 aromatic carbocycles. The monoisotopic (exact) mass is 220 g/mol. The van der Waals surface area contributed by atoms with Gasteiger partial charge in [0, 0.05) is 0 Å². The van der Waals surface area contributed by atoms with E-state index in [1.807, 2.05) is 0 Å². The lowest BCUT2D eigenvalue weighted by Gasteiger charge is -2.03. The first-order valence-corrected chi connectivity index (χ1v) is 4.64. The Morgan fingerprint density at radius 3 is 2.25 bits per heavy atom. The van der Waals surface area contributed by atoms with E-state index in [2.05, 4.69) is 0 Å². The lowest BCUT2D eigenvalue weighted by atomic mass is 10.4. The van der Waals surface area contributed by atoms with Gasteiger partial charge in [-0.3, -0.25) is 5.41 Å². The summed E-state index contributed by atoms with van der Waals surface area (Å²) < 4.78 is 0. The van der Waals surface area contributed by atoms with Crippen LogP contribution in [0.5, 0.6) is 0 Å². The highest BCUT2D eigenvalue weighted by Gasteiger charge is 2.06. The van der Waals surface area contributed by atoms with Crippen molar-refractivity contribution in [1.29, 1.82) is 5.41 Å². The maximum Gasteiger partial charge on any atom is 0.156 e. The molecule has 2 nitrogen and oxygen atoms in total. The number of rotatable bonds is 1. The Bertz CT molecular complexity index is 294. The Labute approximate surface area is 84.6 Å². The van der Waals surface area contributed by atoms with Crippen LogP contribution in [-0.2, 0) is 0 Å². The van der Waals surface area contributed by atoms with Crippen LogP contribution < -0.4 is 5.73 Å². The molecule has 0 fully saturated rings. The Hall–Kier alpha value is -0.380. The molecule has 0 saturated carbocycles. The van der Waals surface area contributed by atoms with E-state index in [0.717, 1.165) is 11.8 Å². The van der Waals surface area contributed by atoms with Crippen LogP contribution in [0, 0.1) is 5.41 Å². The number of nitrogens with one attached hydrogen (secondary N) is 1. The molecule has 1 rings (SSSR count). The van der Waals surface area contributed by atoms with Crippen molar-refractivity contribution in [1.82, 2.24) is 0 Å². The third-order valence-corrected chi connectivity index (χ3v) is 2.85. The average molecular weight is 221 g/mol. The summed E-state index contributed by atoms with van der Waals surface area (Å²) in [7, 11) is 0. The van der Waals surface area contributed by atoms with E-state index >= 15 is 0 Å². The van der Waals surface area contributed by atoms with Crippen LogP contribution in [0.15, 0.2) is 23.1 Å². The van der Waals surface area contributed by atoms with E-state index in [1.165, 1.54) is 0 Å². The van der Waals surface area contributed by atoms with Crippen LogP contribution in [0.25, 0.3) is 0 Å². The topological polar surface area (TPSA) is 49.9 Å². The molecule has 64 valence electrons. The standard InChI is InChI=1S/C7H6Cl2N2S/c8-4-2-1-3-5(9)6(4)12-7(10)11/h1-3H,(H3,10,11). The first-order chi connectivity index (χ1) is 5.61. The Balaban J connectivity index is 3.04. The van der Waals surface area contributed by atoms with Crippen molar-refractivity contribution in [3.63, 3.8) is 0 Å². The van der Waals surface area contributed by atoms with E-state index in [4.69, 9.17) is 34.3 Å². The van der Waals surface area contributed by atoms with Crippen molar-refractivity contribution in [2.75, 3.05) is 0 Å². The largest absolute Gasteiger partial charge is 0.378 e. The van der Waals surface area contributed by atoms with E-state index < -0.39 is 0 Å². The first kappa shape index (κ1) is 9.71. The summed E-state index contributed by atoms with van der Waals surface area (Å²) in [6.07, 6.45) is 0. The Kier molecular flexibility index (Phi) is 3.26. The molecule has 0 aliphatic heterocycles. The molecule has 0 aliphatic rings. The third-order valence-electron chi connectivity index (χ3n) is 1.13. The van der Waals surface area contributed by atoms with Crippen LogP contribution in [0.1, 0.15) is 0 Å². The van der Waals surface area contributed by atoms with Gasteiger partial charge in [0.05, 0.1) is 14.9 Å². The maximum absolute atomic E-state index is 7.05. The summed E-state index contributed by atoms with van der Waals surface area (Å²) in [5.74, 6) is 0. The molecule has 0 aliphatic carbocycles. The summed E-state index contributed by atoms with van der Waals surface area (Å²) in [5.41, 5.74) is 5.19. The molecule has 0 bridgehead atoms. The summed E-state index contributed by atoms with van der Waals surface area (Å²) >= 11 is 12.7. The summed E-state index contributed by atoms with van der Waals surface area (Å²) in [6.45, 7) is 0. The number of thioether (sulfide) groups is 1. The molecule has 1 aromatic rings. The van der Waals surface area contributed by atoms with Gasteiger partial charge in [0.1, 0.15) is 0 Å². The van der Waals surface area contributed by atoms with Gasteiger partial charge in [-0.1, -0.05) is 29.3 Å². The molecule has 0 unspecified atom stereocenters. The maximum atomic E-state index is 7.05. The quantitative estimate of drug-likeness (QED) is 0.435. The second-order valence-electron chi connectivity index (χ2n) is 2.02. The number of amidine groups is 1. The van der Waals surface area contributed by atoms with E-state index in [0.29, 0.717) is 14.9 Å². The molecule has 12 heavy (non-hydrogen) atoms. The third kappa shape index (κ3) is 2.30. The van der Waals surface area contributed by atoms with Gasteiger partial charge in [0.15, 0.2) is 5.17 Å². The number of hydrogen-bond donors (Lipinski definition) is 2. The smallest absolute Gasteiger partial charge is 0.156 e. The van der Waals surface area contributed by atoms with Crippen LogP contribution >= 0.6 is 35.0 Å². The van der Waals surface area contributed by atoms with Gasteiger partial charge in [0.25, 0.3) is 0 Å². The lowest BCUT2D eigenvalue weighted by molar-refractivity contribution is 1.45. The zero-order chi connectivity index (χ0) is 9.14. The van der Waals surface area contributed by atoms with Crippen LogP contribution in [0.2, 0.25) is 10.0 Å². The van der Waals surface area contributed by atoms with E-state index in [-0.39, 0.29) is 5.17 Å². The SMILES string of the molecule is N=C(N)Sc1c(Cl)cccc1Cl. The van der Waals surface area contributed by atoms with Crippen molar-refractivity contribution >= 4 is 40.1 Å². The molecule has 0 aromatic heterocycles. The van der Waals surface area contributed by atoms with Gasteiger partial charge in [-0.25, -0.2) is 0 Å². The van der Waals surface area contributed by atoms with Crippen molar-refractivity contribution in [2.24, 2.45) is 5.73 Å². The molecule has 5 heteroatoms. The second-order valence-corrected chi connectivity index (χ2v) is 3.88. The Morgan fingerprint density at radius 2 is 1.83 bits per heavy atom. The summed E-state index contributed by atoms with van der Waals surface area (Å²) in [4.78, 5) is 0.633. The fraction of sp³-hybridized carbons (Fsp3) is 0. The minimum absolute atomic E-state index is 0.0231. The van der Waals surface area contributed by atoms with Gasteiger partial charge in [-0.15, -0.1) is 0 Å². The van der Waals surface area contributed by atoms with Crippen molar-refractivity contribution in [2.45, 2.75) is 4.90 Å². The average Bonchev–Trinajstić information content (AvgIpc) is 1.97. The fourth-order valence-electron chi connectivity index (χ4n) is 0.690. The molecular weight excluding hydrogens is 215 g/mol. The van der Waals surface area contributed by atoms with Crippen LogP contribution in [0.4, 0.5) is 0 Å². The minimum Gasteiger partial charge on any atom is -0.378 e. The van der Waals surface area contributed by atoms with Gasteiger partial charge >= 0.3 is 0 Å². The molecule has 3 N–H and O–H groups in total. The molecular formula is C7H6Cl2N2S. The van der Waals surface area contributed by atoms with Gasteiger partial charge in [-0.05, 0) is 23.9 Å². The van der Waals surface area contributed by atoms with Crippen molar-refractivity contribution < 1.29 is 0 Å². The van der Waals surface area contributed by atoms with Crippen molar-refractivity contribution in [3.05, 3.63) is 28.2 Å². The van der Waals surface area contributed by atoms with Gasteiger partial charge < -0.3 is 5.73 Å². The van der Waals surface area contributed by atoms with E-state index in [9.17, 15) is 0 Å². The minimum atomic E-state index is -0.0231. The van der Waals surface area contributed by atoms with Crippen LogP contribution in [-0.4, -0.2) is 5.17 Å². The summed E-state index contributed by atoms with van der Waals surface area (Å²) in [5, 5.41) is 8.06. The van der Waals surface area contributed by atoms with Gasteiger partial charge in [-0.2, -0.15) is 0 Å². The highest BCUT2D eigenvalue weighted by atomic mass is 35.5. The van der Waals surface area contributed by atoms with Crippen molar-refractivity contribution in [3.8, 4) is 0 Å². The fourth-order valence-corrected chi connectivity index (χ4v) is 1.87. The Morgan fingerprint density at radius 1 is 1.33 bits per heavy atom. The predicted octanol–water partition coefficient (Wildman–Crippen LogP) is 2.98. The highest BCUT2D eigenvalue weighted by Crippen LogP contribution is 2.33. The molecule has 0 radical (unpaired) electrons. The molecule has 0 amide bonds. The summed E-state index contributed by atoms with van der Waals surface area (Å²) in [6, 6.07) is 5.16.